The van der Waals surface area contributed by atoms with Gasteiger partial charge < -0.3 is 9.64 Å². The van der Waals surface area contributed by atoms with Gasteiger partial charge in [-0.3, -0.25) is 4.79 Å². The Balaban J connectivity index is 1.84. The van der Waals surface area contributed by atoms with E-state index in [9.17, 15) is 4.79 Å². The van der Waals surface area contributed by atoms with E-state index in [0.717, 1.165) is 41.6 Å². The predicted octanol–water partition coefficient (Wildman–Crippen LogP) is 5.87. The van der Waals surface area contributed by atoms with Gasteiger partial charge in [0.1, 0.15) is 5.75 Å². The summed E-state index contributed by atoms with van der Waals surface area (Å²) in [4.78, 5) is 13.9. The van der Waals surface area contributed by atoms with Crippen molar-refractivity contribution in [3.8, 4) is 5.75 Å². The summed E-state index contributed by atoms with van der Waals surface area (Å²) in [7, 11) is 1.66. The Morgan fingerprint density at radius 3 is 1.93 bits per heavy atom. The summed E-state index contributed by atoms with van der Waals surface area (Å²) in [6.07, 6.45) is 0.914. The van der Waals surface area contributed by atoms with Crippen molar-refractivity contribution in [1.29, 1.82) is 0 Å². The average Bonchev–Trinajstić information content (AvgIpc) is 2.79. The Bertz CT molecular complexity index is 1070. The maximum atomic E-state index is 11.6. The van der Waals surface area contributed by atoms with E-state index < -0.39 is 0 Å². The number of hydrogen-bond acceptors (Lipinski definition) is 3. The molecule has 0 aromatic heterocycles. The number of nitrogens with zero attached hydrogens (tertiary/aromatic N) is 1. The van der Waals surface area contributed by atoms with Crippen LogP contribution in [0.25, 0.3) is 10.8 Å². The molecule has 0 saturated heterocycles. The number of methoxy groups -OCH3 is 1. The van der Waals surface area contributed by atoms with Crippen LogP contribution in [-0.4, -0.2) is 13.4 Å². The van der Waals surface area contributed by atoms with Crippen LogP contribution < -0.4 is 9.64 Å². The van der Waals surface area contributed by atoms with Gasteiger partial charge in [0.2, 0.25) is 0 Å². The zero-order valence-electron chi connectivity index (χ0n) is 16.4. The lowest BCUT2D eigenvalue weighted by molar-refractivity contribution is 0.112. The summed E-state index contributed by atoms with van der Waals surface area (Å²) in [5.74, 6) is 0.779. The molecule has 0 atom stereocenters. The highest BCUT2D eigenvalue weighted by atomic mass is 16.5. The SMILES string of the molecule is COc1ccc2c(C=O)ccc(N(Cc3ccccc3)Cc3ccccc3)c2c1. The molecule has 0 aliphatic carbocycles. The molecule has 0 unspecified atom stereocenters. The molecule has 0 bridgehead atoms. The summed E-state index contributed by atoms with van der Waals surface area (Å²) < 4.78 is 5.46. The predicted molar refractivity (Wildman–Crippen MR) is 119 cm³/mol. The van der Waals surface area contributed by atoms with E-state index in [-0.39, 0.29) is 0 Å². The van der Waals surface area contributed by atoms with Crippen LogP contribution in [0.2, 0.25) is 0 Å². The van der Waals surface area contributed by atoms with Crippen molar-refractivity contribution < 1.29 is 9.53 Å². The molecule has 0 aliphatic heterocycles. The third-order valence-electron chi connectivity index (χ3n) is 5.13. The number of ether oxygens (including phenoxy) is 1. The van der Waals surface area contributed by atoms with Crippen LogP contribution in [0.5, 0.6) is 5.75 Å². The first kappa shape index (κ1) is 18.8. The highest BCUT2D eigenvalue weighted by molar-refractivity contribution is 6.04. The Morgan fingerprint density at radius 1 is 0.759 bits per heavy atom. The molecule has 4 rings (SSSR count). The van der Waals surface area contributed by atoms with Crippen LogP contribution >= 0.6 is 0 Å². The van der Waals surface area contributed by atoms with Crippen molar-refractivity contribution in [2.45, 2.75) is 13.1 Å². The fourth-order valence-electron chi connectivity index (χ4n) is 3.67. The molecular formula is C26H23NO2. The minimum atomic E-state index is 0.686. The number of fused-ring (bicyclic) bond motifs is 1. The highest BCUT2D eigenvalue weighted by Gasteiger charge is 2.14. The topological polar surface area (TPSA) is 29.5 Å². The van der Waals surface area contributed by atoms with Crippen LogP contribution in [0.1, 0.15) is 21.5 Å². The first-order valence-electron chi connectivity index (χ1n) is 9.67. The number of rotatable bonds is 7. The molecule has 4 aromatic carbocycles. The molecule has 3 heteroatoms. The first-order chi connectivity index (χ1) is 14.3. The molecule has 0 spiro atoms. The molecule has 0 radical (unpaired) electrons. The van der Waals surface area contributed by atoms with Gasteiger partial charge in [0.05, 0.1) is 7.11 Å². The minimum Gasteiger partial charge on any atom is -0.497 e. The minimum absolute atomic E-state index is 0.686. The Hall–Kier alpha value is -3.59. The number of carbonyl (C=O) groups is 1. The fraction of sp³-hybridized carbons (Fsp3) is 0.115. The lowest BCUT2D eigenvalue weighted by Crippen LogP contribution is -2.22. The van der Waals surface area contributed by atoms with E-state index in [4.69, 9.17) is 4.74 Å². The van der Waals surface area contributed by atoms with E-state index in [1.807, 2.05) is 42.5 Å². The summed E-state index contributed by atoms with van der Waals surface area (Å²) in [6.45, 7) is 1.53. The molecule has 144 valence electrons. The summed E-state index contributed by atoms with van der Waals surface area (Å²) in [6, 6.07) is 30.7. The van der Waals surface area contributed by atoms with Gasteiger partial charge in [-0.2, -0.15) is 0 Å². The Kier molecular flexibility index (Phi) is 5.57. The van der Waals surface area contributed by atoms with Crippen LogP contribution in [0.4, 0.5) is 5.69 Å². The van der Waals surface area contributed by atoms with Crippen molar-refractivity contribution in [1.82, 2.24) is 0 Å². The lowest BCUT2D eigenvalue weighted by Gasteiger charge is -2.27. The van der Waals surface area contributed by atoms with Crippen molar-refractivity contribution in [3.05, 3.63) is 108 Å². The lowest BCUT2D eigenvalue weighted by atomic mass is 10.0. The normalized spacial score (nSPS) is 10.7. The molecule has 29 heavy (non-hydrogen) atoms. The summed E-state index contributed by atoms with van der Waals surface area (Å²) in [5, 5.41) is 1.95. The largest absolute Gasteiger partial charge is 0.497 e. The van der Waals surface area contributed by atoms with E-state index in [2.05, 4.69) is 53.4 Å². The molecular weight excluding hydrogens is 358 g/mol. The number of hydrogen-bond donors (Lipinski definition) is 0. The number of benzene rings is 4. The van der Waals surface area contributed by atoms with Gasteiger partial charge in [-0.1, -0.05) is 60.7 Å². The number of carbonyl (C=O) groups excluding carboxylic acids is 1. The van der Waals surface area contributed by atoms with Crippen molar-refractivity contribution in [2.24, 2.45) is 0 Å². The molecule has 4 aromatic rings. The molecule has 3 nitrogen and oxygen atoms in total. The summed E-state index contributed by atoms with van der Waals surface area (Å²) >= 11 is 0. The van der Waals surface area contributed by atoms with Gasteiger partial charge in [-0.25, -0.2) is 0 Å². The van der Waals surface area contributed by atoms with Crippen molar-refractivity contribution >= 4 is 22.7 Å². The van der Waals surface area contributed by atoms with Crippen molar-refractivity contribution in [2.75, 3.05) is 12.0 Å². The van der Waals surface area contributed by atoms with Gasteiger partial charge >= 0.3 is 0 Å². The van der Waals surface area contributed by atoms with Gasteiger partial charge in [0.15, 0.2) is 6.29 Å². The average molecular weight is 381 g/mol. The van der Waals surface area contributed by atoms with Gasteiger partial charge in [-0.15, -0.1) is 0 Å². The molecule has 0 fully saturated rings. The third kappa shape index (κ3) is 4.14. The van der Waals surface area contributed by atoms with Crippen LogP contribution in [0, 0.1) is 0 Å². The second-order valence-electron chi connectivity index (χ2n) is 7.03. The Morgan fingerprint density at radius 2 is 1.38 bits per heavy atom. The van der Waals surface area contributed by atoms with Gasteiger partial charge in [-0.05, 0) is 46.8 Å². The quantitative estimate of drug-likeness (QED) is 0.375. The zero-order chi connectivity index (χ0) is 20.1. The van der Waals surface area contributed by atoms with E-state index >= 15 is 0 Å². The standard InChI is InChI=1S/C26H23NO2/c1-29-23-13-14-24-22(19-28)12-15-26(25(24)16-23)27(17-20-8-4-2-5-9-20)18-21-10-6-3-7-11-21/h2-16,19H,17-18H2,1H3. The monoisotopic (exact) mass is 381 g/mol. The van der Waals surface area contributed by atoms with Crippen molar-refractivity contribution in [3.63, 3.8) is 0 Å². The number of anilines is 1. The first-order valence-corrected chi connectivity index (χ1v) is 9.67. The van der Waals surface area contributed by atoms with E-state index in [1.54, 1.807) is 7.11 Å². The van der Waals surface area contributed by atoms with Crippen LogP contribution in [0.15, 0.2) is 91.0 Å². The second-order valence-corrected chi connectivity index (χ2v) is 7.03. The molecule has 0 aliphatic rings. The molecule has 0 amide bonds. The van der Waals surface area contributed by atoms with Gasteiger partial charge in [0, 0.05) is 29.7 Å². The molecule has 0 N–H and O–H groups in total. The van der Waals surface area contributed by atoms with Crippen LogP contribution in [-0.2, 0) is 13.1 Å². The maximum Gasteiger partial charge on any atom is 0.150 e. The van der Waals surface area contributed by atoms with E-state index in [0.29, 0.717) is 5.56 Å². The molecule has 0 saturated carbocycles. The van der Waals surface area contributed by atoms with Gasteiger partial charge in [0.25, 0.3) is 0 Å². The smallest absolute Gasteiger partial charge is 0.150 e. The Labute approximate surface area is 171 Å². The maximum absolute atomic E-state index is 11.6. The molecule has 0 heterocycles. The highest BCUT2D eigenvalue weighted by Crippen LogP contribution is 2.33. The summed E-state index contributed by atoms with van der Waals surface area (Å²) in [5.41, 5.74) is 4.24. The third-order valence-corrected chi connectivity index (χ3v) is 5.13. The second kappa shape index (κ2) is 8.61. The fourth-order valence-corrected chi connectivity index (χ4v) is 3.67. The van der Waals surface area contributed by atoms with Crippen LogP contribution in [0.3, 0.4) is 0 Å². The number of aldehydes is 1. The zero-order valence-corrected chi connectivity index (χ0v) is 16.4. The van der Waals surface area contributed by atoms with E-state index in [1.165, 1.54) is 11.1 Å².